The van der Waals surface area contributed by atoms with Gasteiger partial charge < -0.3 is 9.47 Å². The lowest BCUT2D eigenvalue weighted by molar-refractivity contribution is -0.385. The van der Waals surface area contributed by atoms with Crippen LogP contribution in [0.15, 0.2) is 36.4 Å². The van der Waals surface area contributed by atoms with Crippen LogP contribution in [-0.2, 0) is 13.1 Å². The maximum atomic E-state index is 13.8. The number of rotatable bonds is 7. The predicted molar refractivity (Wildman–Crippen MR) is 103 cm³/mol. The number of hydrogen-bond acceptors (Lipinski definition) is 6. The molecule has 0 amide bonds. The Morgan fingerprint density at radius 3 is 1.89 bits per heavy atom. The standard InChI is InChI=1S/C20H24FN3O4/c1-27-19-5-3-15(11-17(19)21)13-22-7-9-23(10-8-22)14-16-4-6-20(28-2)18(12-16)24(25)26/h3-6,11-12H,7-10,13-14H2,1-2H3. The van der Waals surface area contributed by atoms with Gasteiger partial charge >= 0.3 is 5.69 Å². The van der Waals surface area contributed by atoms with Gasteiger partial charge in [-0.15, -0.1) is 0 Å². The van der Waals surface area contributed by atoms with E-state index in [2.05, 4.69) is 9.80 Å². The molecule has 7 nitrogen and oxygen atoms in total. The highest BCUT2D eigenvalue weighted by molar-refractivity contribution is 5.48. The molecule has 150 valence electrons. The lowest BCUT2D eigenvalue weighted by Gasteiger charge is -2.34. The van der Waals surface area contributed by atoms with E-state index in [0.717, 1.165) is 37.3 Å². The first-order valence-electron chi connectivity index (χ1n) is 9.08. The molecule has 1 heterocycles. The highest BCUT2D eigenvalue weighted by atomic mass is 19.1. The van der Waals surface area contributed by atoms with Crippen molar-refractivity contribution in [1.82, 2.24) is 9.80 Å². The van der Waals surface area contributed by atoms with Crippen LogP contribution in [-0.4, -0.2) is 55.1 Å². The van der Waals surface area contributed by atoms with Crippen LogP contribution in [0.3, 0.4) is 0 Å². The van der Waals surface area contributed by atoms with Gasteiger partial charge in [-0.05, 0) is 29.3 Å². The molecule has 3 rings (SSSR count). The molecular weight excluding hydrogens is 365 g/mol. The molecule has 0 aliphatic carbocycles. The lowest BCUT2D eigenvalue weighted by atomic mass is 10.1. The third-order valence-corrected chi connectivity index (χ3v) is 4.93. The van der Waals surface area contributed by atoms with E-state index >= 15 is 0 Å². The van der Waals surface area contributed by atoms with E-state index in [1.807, 2.05) is 12.1 Å². The Balaban J connectivity index is 1.55. The first kappa shape index (κ1) is 20.0. The molecule has 1 aliphatic rings. The minimum Gasteiger partial charge on any atom is -0.494 e. The molecule has 0 unspecified atom stereocenters. The smallest absolute Gasteiger partial charge is 0.311 e. The maximum Gasteiger partial charge on any atom is 0.311 e. The Kier molecular flexibility index (Phi) is 6.43. The largest absolute Gasteiger partial charge is 0.494 e. The van der Waals surface area contributed by atoms with Crippen molar-refractivity contribution in [2.45, 2.75) is 13.1 Å². The fraction of sp³-hybridized carbons (Fsp3) is 0.400. The monoisotopic (exact) mass is 389 g/mol. The van der Waals surface area contributed by atoms with Crippen molar-refractivity contribution >= 4 is 5.69 Å². The van der Waals surface area contributed by atoms with E-state index in [-0.39, 0.29) is 23.0 Å². The normalized spacial score (nSPS) is 15.4. The van der Waals surface area contributed by atoms with E-state index in [1.165, 1.54) is 20.3 Å². The van der Waals surface area contributed by atoms with Gasteiger partial charge in [0.05, 0.1) is 19.1 Å². The van der Waals surface area contributed by atoms with E-state index < -0.39 is 4.92 Å². The van der Waals surface area contributed by atoms with Crippen molar-refractivity contribution < 1.29 is 18.8 Å². The van der Waals surface area contributed by atoms with Crippen LogP contribution in [0.4, 0.5) is 10.1 Å². The molecule has 2 aromatic rings. The van der Waals surface area contributed by atoms with Crippen LogP contribution in [0.1, 0.15) is 11.1 Å². The van der Waals surface area contributed by atoms with E-state index in [0.29, 0.717) is 13.1 Å². The number of nitrogens with zero attached hydrogens (tertiary/aromatic N) is 3. The predicted octanol–water partition coefficient (Wildman–Crippen LogP) is 3.07. The molecule has 0 spiro atoms. The summed E-state index contributed by atoms with van der Waals surface area (Å²) in [6.07, 6.45) is 0. The second-order valence-electron chi connectivity index (χ2n) is 6.78. The van der Waals surface area contributed by atoms with Gasteiger partial charge in [0.25, 0.3) is 0 Å². The molecule has 8 heteroatoms. The zero-order valence-corrected chi connectivity index (χ0v) is 16.1. The first-order valence-corrected chi connectivity index (χ1v) is 9.08. The molecule has 0 N–H and O–H groups in total. The van der Waals surface area contributed by atoms with Gasteiger partial charge in [-0.25, -0.2) is 4.39 Å². The van der Waals surface area contributed by atoms with Crippen LogP contribution < -0.4 is 9.47 Å². The third kappa shape index (κ3) is 4.76. The SMILES string of the molecule is COc1ccc(CN2CCN(Cc3ccc(OC)c([N+](=O)[O-])c3)CC2)cc1F. The number of piperazine rings is 1. The van der Waals surface area contributed by atoms with Gasteiger partial charge in [0, 0.05) is 45.3 Å². The second-order valence-corrected chi connectivity index (χ2v) is 6.78. The molecular formula is C20H24FN3O4. The number of nitro groups is 1. The average Bonchev–Trinajstić information content (AvgIpc) is 2.69. The van der Waals surface area contributed by atoms with Crippen LogP contribution in [0.5, 0.6) is 11.5 Å². The summed E-state index contributed by atoms with van der Waals surface area (Å²) in [6, 6.07) is 10.1. The summed E-state index contributed by atoms with van der Waals surface area (Å²) < 4.78 is 23.8. The fourth-order valence-corrected chi connectivity index (χ4v) is 3.41. The van der Waals surface area contributed by atoms with Crippen molar-refractivity contribution in [3.8, 4) is 11.5 Å². The average molecular weight is 389 g/mol. The molecule has 1 saturated heterocycles. The molecule has 0 radical (unpaired) electrons. The summed E-state index contributed by atoms with van der Waals surface area (Å²) in [6.45, 7) is 4.73. The molecule has 1 aliphatic heterocycles. The Labute approximate surface area is 163 Å². The van der Waals surface area contributed by atoms with Gasteiger partial charge in [0.1, 0.15) is 0 Å². The highest BCUT2D eigenvalue weighted by Crippen LogP contribution is 2.28. The summed E-state index contributed by atoms with van der Waals surface area (Å²) in [4.78, 5) is 15.3. The fourth-order valence-electron chi connectivity index (χ4n) is 3.41. The topological polar surface area (TPSA) is 68.1 Å². The minimum atomic E-state index is -0.422. The summed E-state index contributed by atoms with van der Waals surface area (Å²) in [5, 5.41) is 11.2. The Bertz CT molecular complexity index is 838. The van der Waals surface area contributed by atoms with Crippen molar-refractivity contribution in [3.05, 3.63) is 63.5 Å². The van der Waals surface area contributed by atoms with Gasteiger partial charge in [0.15, 0.2) is 17.3 Å². The summed E-state index contributed by atoms with van der Waals surface area (Å²) in [7, 11) is 2.88. The van der Waals surface area contributed by atoms with Gasteiger partial charge in [0.2, 0.25) is 0 Å². The third-order valence-electron chi connectivity index (χ3n) is 4.93. The van der Waals surface area contributed by atoms with Gasteiger partial charge in [-0.2, -0.15) is 0 Å². The Morgan fingerprint density at radius 2 is 1.43 bits per heavy atom. The van der Waals surface area contributed by atoms with Crippen LogP contribution in [0.2, 0.25) is 0 Å². The van der Waals surface area contributed by atoms with Crippen molar-refractivity contribution in [3.63, 3.8) is 0 Å². The zero-order valence-electron chi connectivity index (χ0n) is 16.1. The number of halogens is 1. The maximum absolute atomic E-state index is 13.8. The van der Waals surface area contributed by atoms with Crippen molar-refractivity contribution in [2.75, 3.05) is 40.4 Å². The van der Waals surface area contributed by atoms with Crippen molar-refractivity contribution in [1.29, 1.82) is 0 Å². The molecule has 0 atom stereocenters. The van der Waals surface area contributed by atoms with E-state index in [4.69, 9.17) is 9.47 Å². The first-order chi connectivity index (χ1) is 13.5. The lowest BCUT2D eigenvalue weighted by Crippen LogP contribution is -2.45. The van der Waals surface area contributed by atoms with E-state index in [9.17, 15) is 14.5 Å². The molecule has 28 heavy (non-hydrogen) atoms. The molecule has 1 fully saturated rings. The van der Waals surface area contributed by atoms with Gasteiger partial charge in [-0.1, -0.05) is 12.1 Å². The summed E-state index contributed by atoms with van der Waals surface area (Å²) in [5.41, 5.74) is 1.79. The molecule has 0 bridgehead atoms. The molecule has 0 aromatic heterocycles. The summed E-state index contributed by atoms with van der Waals surface area (Å²) >= 11 is 0. The zero-order chi connectivity index (χ0) is 20.1. The Morgan fingerprint density at radius 1 is 0.929 bits per heavy atom. The van der Waals surface area contributed by atoms with Crippen LogP contribution >= 0.6 is 0 Å². The highest BCUT2D eigenvalue weighted by Gasteiger charge is 2.20. The van der Waals surface area contributed by atoms with Crippen LogP contribution in [0.25, 0.3) is 0 Å². The second kappa shape index (κ2) is 8.99. The van der Waals surface area contributed by atoms with Gasteiger partial charge in [-0.3, -0.25) is 19.9 Å². The molecule has 2 aromatic carbocycles. The minimum absolute atomic E-state index is 0.0137. The van der Waals surface area contributed by atoms with Crippen LogP contribution in [0, 0.1) is 15.9 Å². The number of methoxy groups -OCH3 is 2. The number of benzene rings is 2. The molecule has 0 saturated carbocycles. The van der Waals surface area contributed by atoms with E-state index in [1.54, 1.807) is 18.2 Å². The summed E-state index contributed by atoms with van der Waals surface area (Å²) in [5.74, 6) is 0.173. The quantitative estimate of drug-likeness (QED) is 0.536. The Hall–Kier alpha value is -2.71. The number of nitro benzene ring substituents is 1. The van der Waals surface area contributed by atoms with Crippen molar-refractivity contribution in [2.24, 2.45) is 0 Å². The number of ether oxygens (including phenoxy) is 2. The number of hydrogen-bond donors (Lipinski definition) is 0.